The Bertz CT molecular complexity index is 397. The SMILES string of the molecule is CCNC(=NCC1(CCOCC)CCCC1)NCCC(=O)N(C)C.I. The van der Waals surface area contributed by atoms with Crippen molar-refractivity contribution in [2.24, 2.45) is 10.4 Å². The summed E-state index contributed by atoms with van der Waals surface area (Å²) in [6, 6.07) is 0. The van der Waals surface area contributed by atoms with Crippen molar-refractivity contribution in [3.05, 3.63) is 0 Å². The number of aliphatic imine (C=N–C) groups is 1. The summed E-state index contributed by atoms with van der Waals surface area (Å²) in [4.78, 5) is 18.1. The van der Waals surface area contributed by atoms with Crippen LogP contribution in [0.15, 0.2) is 4.99 Å². The van der Waals surface area contributed by atoms with Gasteiger partial charge < -0.3 is 20.3 Å². The molecule has 0 spiro atoms. The van der Waals surface area contributed by atoms with E-state index >= 15 is 0 Å². The number of guanidine groups is 1. The van der Waals surface area contributed by atoms with Gasteiger partial charge in [0.15, 0.2) is 5.96 Å². The van der Waals surface area contributed by atoms with Crippen LogP contribution in [0.1, 0.15) is 52.4 Å². The molecule has 0 atom stereocenters. The summed E-state index contributed by atoms with van der Waals surface area (Å²) < 4.78 is 5.57. The fraction of sp³-hybridized carbons (Fsp3) is 0.889. The molecule has 1 saturated carbocycles. The molecular formula is C18H37IN4O2. The molecule has 1 aliphatic rings. The number of rotatable bonds is 10. The van der Waals surface area contributed by atoms with Crippen LogP contribution in [0.2, 0.25) is 0 Å². The molecule has 0 saturated heterocycles. The Balaban J connectivity index is 0.00000576. The standard InChI is InChI=1S/C18H36N4O2.HI/c1-5-19-17(20-13-9-16(23)22(3)4)21-15-18(10-7-8-11-18)12-14-24-6-2;/h5-15H2,1-4H3,(H2,19,20,21);1H. The Morgan fingerprint density at radius 2 is 1.88 bits per heavy atom. The van der Waals surface area contributed by atoms with Crippen molar-refractivity contribution < 1.29 is 9.53 Å². The molecule has 1 aliphatic carbocycles. The van der Waals surface area contributed by atoms with E-state index in [1.165, 1.54) is 25.7 Å². The molecule has 0 radical (unpaired) electrons. The van der Waals surface area contributed by atoms with Crippen molar-refractivity contribution in [3.8, 4) is 0 Å². The van der Waals surface area contributed by atoms with Crippen molar-refractivity contribution in [1.82, 2.24) is 15.5 Å². The van der Waals surface area contributed by atoms with Crippen LogP contribution in [0.4, 0.5) is 0 Å². The van der Waals surface area contributed by atoms with E-state index in [0.29, 0.717) is 13.0 Å². The van der Waals surface area contributed by atoms with Gasteiger partial charge in [-0.2, -0.15) is 0 Å². The van der Waals surface area contributed by atoms with E-state index in [2.05, 4.69) is 17.6 Å². The third kappa shape index (κ3) is 9.63. The molecule has 7 heteroatoms. The lowest BCUT2D eigenvalue weighted by molar-refractivity contribution is -0.128. The molecule has 0 heterocycles. The first-order valence-corrected chi connectivity index (χ1v) is 9.33. The van der Waals surface area contributed by atoms with Crippen LogP contribution < -0.4 is 10.6 Å². The summed E-state index contributed by atoms with van der Waals surface area (Å²) in [5.74, 6) is 0.939. The number of carbonyl (C=O) groups is 1. The number of ether oxygens (including phenoxy) is 1. The van der Waals surface area contributed by atoms with Crippen molar-refractivity contribution in [2.45, 2.75) is 52.4 Å². The first-order valence-electron chi connectivity index (χ1n) is 9.33. The van der Waals surface area contributed by atoms with Gasteiger partial charge in [-0.1, -0.05) is 12.8 Å². The normalized spacial score (nSPS) is 16.2. The molecule has 1 fully saturated rings. The molecule has 6 nitrogen and oxygen atoms in total. The molecule has 1 amide bonds. The largest absolute Gasteiger partial charge is 0.382 e. The van der Waals surface area contributed by atoms with E-state index in [1.54, 1.807) is 19.0 Å². The van der Waals surface area contributed by atoms with Crippen LogP contribution in [0, 0.1) is 5.41 Å². The third-order valence-electron chi connectivity index (χ3n) is 4.69. The van der Waals surface area contributed by atoms with Gasteiger partial charge in [-0.3, -0.25) is 9.79 Å². The van der Waals surface area contributed by atoms with Crippen LogP contribution in [0.3, 0.4) is 0 Å². The fourth-order valence-electron chi connectivity index (χ4n) is 3.15. The van der Waals surface area contributed by atoms with Crippen LogP contribution in [0.25, 0.3) is 0 Å². The minimum absolute atomic E-state index is 0. The highest BCUT2D eigenvalue weighted by atomic mass is 127. The summed E-state index contributed by atoms with van der Waals surface area (Å²) >= 11 is 0. The summed E-state index contributed by atoms with van der Waals surface area (Å²) in [6.07, 6.45) is 6.63. The van der Waals surface area contributed by atoms with Crippen LogP contribution in [-0.4, -0.2) is 63.7 Å². The monoisotopic (exact) mass is 468 g/mol. The number of nitrogens with zero attached hydrogens (tertiary/aromatic N) is 2. The Hall–Kier alpha value is -0.570. The lowest BCUT2D eigenvalue weighted by Crippen LogP contribution is -2.40. The summed E-state index contributed by atoms with van der Waals surface area (Å²) in [5, 5.41) is 6.55. The van der Waals surface area contributed by atoms with Crippen LogP contribution in [-0.2, 0) is 9.53 Å². The molecule has 148 valence electrons. The Morgan fingerprint density at radius 1 is 1.20 bits per heavy atom. The molecular weight excluding hydrogens is 431 g/mol. The quantitative estimate of drug-likeness (QED) is 0.224. The van der Waals surface area contributed by atoms with E-state index in [-0.39, 0.29) is 35.3 Å². The Kier molecular flexibility index (Phi) is 13.3. The molecule has 0 aliphatic heterocycles. The van der Waals surface area contributed by atoms with Gasteiger partial charge in [-0.25, -0.2) is 0 Å². The Morgan fingerprint density at radius 3 is 2.44 bits per heavy atom. The topological polar surface area (TPSA) is 66.0 Å². The highest BCUT2D eigenvalue weighted by molar-refractivity contribution is 14.0. The predicted octanol–water partition coefficient (Wildman–Crippen LogP) is 2.62. The van der Waals surface area contributed by atoms with Gasteiger partial charge in [-0.05, 0) is 38.5 Å². The maximum absolute atomic E-state index is 11.7. The molecule has 1 rings (SSSR count). The van der Waals surface area contributed by atoms with Crippen LogP contribution >= 0.6 is 24.0 Å². The van der Waals surface area contributed by atoms with Gasteiger partial charge in [0, 0.05) is 53.4 Å². The fourth-order valence-corrected chi connectivity index (χ4v) is 3.15. The molecule has 0 aromatic carbocycles. The van der Waals surface area contributed by atoms with Gasteiger partial charge in [-0.15, -0.1) is 24.0 Å². The molecule has 2 N–H and O–H groups in total. The second-order valence-electron chi connectivity index (χ2n) is 6.81. The minimum atomic E-state index is 0. The number of amides is 1. The highest BCUT2D eigenvalue weighted by Gasteiger charge is 2.33. The van der Waals surface area contributed by atoms with Gasteiger partial charge in [0.2, 0.25) is 5.91 Å². The average Bonchev–Trinajstić information content (AvgIpc) is 3.02. The molecule has 0 aromatic rings. The van der Waals surface area contributed by atoms with Crippen molar-refractivity contribution in [1.29, 1.82) is 0 Å². The zero-order valence-corrected chi connectivity index (χ0v) is 18.7. The summed E-state index contributed by atoms with van der Waals surface area (Å²) in [5.41, 5.74) is 0.289. The first kappa shape index (κ1) is 24.4. The van der Waals surface area contributed by atoms with Crippen LogP contribution in [0.5, 0.6) is 0 Å². The molecule has 0 unspecified atom stereocenters. The zero-order valence-electron chi connectivity index (χ0n) is 16.4. The second-order valence-corrected chi connectivity index (χ2v) is 6.81. The number of carbonyl (C=O) groups excluding carboxylic acids is 1. The average molecular weight is 468 g/mol. The van der Waals surface area contributed by atoms with E-state index in [1.807, 2.05) is 6.92 Å². The van der Waals surface area contributed by atoms with E-state index in [0.717, 1.165) is 38.7 Å². The maximum atomic E-state index is 11.7. The number of halogens is 1. The van der Waals surface area contributed by atoms with Crippen molar-refractivity contribution in [3.63, 3.8) is 0 Å². The third-order valence-corrected chi connectivity index (χ3v) is 4.69. The summed E-state index contributed by atoms with van der Waals surface area (Å²) in [6.45, 7) is 7.96. The molecule has 25 heavy (non-hydrogen) atoms. The maximum Gasteiger partial charge on any atom is 0.223 e. The van der Waals surface area contributed by atoms with E-state index in [9.17, 15) is 4.79 Å². The van der Waals surface area contributed by atoms with Gasteiger partial charge in [0.25, 0.3) is 0 Å². The Labute approximate surface area is 170 Å². The second kappa shape index (κ2) is 13.6. The van der Waals surface area contributed by atoms with Gasteiger partial charge >= 0.3 is 0 Å². The van der Waals surface area contributed by atoms with Crippen molar-refractivity contribution in [2.75, 3.05) is 46.9 Å². The molecule has 0 aromatic heterocycles. The summed E-state index contributed by atoms with van der Waals surface area (Å²) in [7, 11) is 3.56. The van der Waals surface area contributed by atoms with Gasteiger partial charge in [0.05, 0.1) is 0 Å². The number of hydrogen-bond donors (Lipinski definition) is 2. The predicted molar refractivity (Wildman–Crippen MR) is 115 cm³/mol. The highest BCUT2D eigenvalue weighted by Crippen LogP contribution is 2.41. The lowest BCUT2D eigenvalue weighted by Gasteiger charge is -2.27. The molecule has 0 bridgehead atoms. The smallest absolute Gasteiger partial charge is 0.223 e. The lowest BCUT2D eigenvalue weighted by atomic mass is 9.83. The zero-order chi connectivity index (χ0) is 17.8. The first-order chi connectivity index (χ1) is 11.5. The van der Waals surface area contributed by atoms with Gasteiger partial charge in [0.1, 0.15) is 0 Å². The van der Waals surface area contributed by atoms with E-state index < -0.39 is 0 Å². The number of hydrogen-bond acceptors (Lipinski definition) is 3. The minimum Gasteiger partial charge on any atom is -0.382 e. The van der Waals surface area contributed by atoms with E-state index in [4.69, 9.17) is 9.73 Å². The number of nitrogens with one attached hydrogen (secondary N) is 2. The van der Waals surface area contributed by atoms with Crippen molar-refractivity contribution >= 4 is 35.8 Å².